The first-order chi connectivity index (χ1) is 10.1. The molecule has 0 aromatic carbocycles. The second-order valence-electron chi connectivity index (χ2n) is 6.12. The van der Waals surface area contributed by atoms with Crippen molar-refractivity contribution in [3.8, 4) is 0 Å². The summed E-state index contributed by atoms with van der Waals surface area (Å²) in [5, 5.41) is 8.68. The third-order valence-corrected chi connectivity index (χ3v) is 2.64. The van der Waals surface area contributed by atoms with Crippen LogP contribution < -0.4 is 0 Å². The fourth-order valence-corrected chi connectivity index (χ4v) is 1.90. The zero-order valence-corrected chi connectivity index (χ0v) is 14.9. The Morgan fingerprint density at radius 3 is 2.00 bits per heavy atom. The smallest absolute Gasteiger partial charge is 0.331 e. The highest BCUT2D eigenvalue weighted by atomic mass is 16.5. The Balaban J connectivity index is 0. The normalized spacial score (nSPS) is 12.5. The van der Waals surface area contributed by atoms with Crippen LogP contribution in [0.4, 0.5) is 0 Å². The van der Waals surface area contributed by atoms with E-state index >= 15 is 0 Å². The van der Waals surface area contributed by atoms with Gasteiger partial charge in [0.05, 0.1) is 6.10 Å². The van der Waals surface area contributed by atoms with Crippen molar-refractivity contribution in [2.75, 3.05) is 0 Å². The molecular formula is C18H32O4. The largest absolute Gasteiger partial charge is 0.478 e. The molecule has 22 heavy (non-hydrogen) atoms. The van der Waals surface area contributed by atoms with Crippen LogP contribution >= 0.6 is 0 Å². The van der Waals surface area contributed by atoms with Crippen LogP contribution in [-0.4, -0.2) is 23.1 Å². The van der Waals surface area contributed by atoms with Crippen molar-refractivity contribution < 1.29 is 19.4 Å². The van der Waals surface area contributed by atoms with Gasteiger partial charge in [0.25, 0.3) is 0 Å². The number of ether oxygens (including phenoxy) is 1. The summed E-state index contributed by atoms with van der Waals surface area (Å²) in [6, 6.07) is 0. The average Bonchev–Trinajstić information content (AvgIpc) is 2.37. The summed E-state index contributed by atoms with van der Waals surface area (Å²) in [6.45, 7) is 15.4. The van der Waals surface area contributed by atoms with Crippen molar-refractivity contribution in [3.05, 3.63) is 24.3 Å². The van der Waals surface area contributed by atoms with Crippen LogP contribution in [0.25, 0.3) is 0 Å². The van der Waals surface area contributed by atoms with Gasteiger partial charge in [-0.2, -0.15) is 0 Å². The number of carboxylic acids is 1. The van der Waals surface area contributed by atoms with E-state index in [-0.39, 0.29) is 12.1 Å². The number of allylic oxidation sites excluding steroid dienone is 1. The summed E-state index contributed by atoms with van der Waals surface area (Å²) in [5.74, 6) is -0.134. The van der Waals surface area contributed by atoms with Gasteiger partial charge in [0.1, 0.15) is 0 Å². The zero-order valence-electron chi connectivity index (χ0n) is 14.9. The van der Waals surface area contributed by atoms with Crippen molar-refractivity contribution in [3.63, 3.8) is 0 Å². The number of carboxylic acid groups (broad SMARTS) is 1. The molecule has 0 aromatic rings. The SMILES string of the molecule is C=CC(=O)OC(C)CC(C)C.CCC=C(CC(C)C)C(=O)O. The number of hydrogen-bond donors (Lipinski definition) is 1. The second-order valence-corrected chi connectivity index (χ2v) is 6.12. The highest BCUT2D eigenvalue weighted by molar-refractivity contribution is 5.86. The van der Waals surface area contributed by atoms with Crippen molar-refractivity contribution in [1.82, 2.24) is 0 Å². The number of esters is 1. The zero-order chi connectivity index (χ0) is 17.7. The first kappa shape index (κ1) is 22.7. The summed E-state index contributed by atoms with van der Waals surface area (Å²) < 4.78 is 4.95. The first-order valence-electron chi connectivity index (χ1n) is 7.89. The van der Waals surface area contributed by atoms with Gasteiger partial charge in [-0.1, -0.05) is 47.3 Å². The van der Waals surface area contributed by atoms with Crippen LogP contribution in [-0.2, 0) is 14.3 Å². The van der Waals surface area contributed by atoms with E-state index in [4.69, 9.17) is 9.84 Å². The molecule has 1 unspecified atom stereocenters. The van der Waals surface area contributed by atoms with Gasteiger partial charge in [-0.3, -0.25) is 0 Å². The van der Waals surface area contributed by atoms with E-state index in [2.05, 4.69) is 20.4 Å². The van der Waals surface area contributed by atoms with Crippen LogP contribution in [0.1, 0.15) is 60.8 Å². The molecule has 0 aliphatic rings. The average molecular weight is 312 g/mol. The van der Waals surface area contributed by atoms with Crippen LogP contribution in [0.3, 0.4) is 0 Å². The topological polar surface area (TPSA) is 63.6 Å². The standard InChI is InChI=1S/2C9H16O2/c1-5-9(10)11-8(4)6-7(2)3;1-4-5-8(9(10)11)6-7(2)3/h5,7-8H,1,6H2,2-4H3;5,7H,4,6H2,1-3H3,(H,10,11). The van der Waals surface area contributed by atoms with Crippen molar-refractivity contribution >= 4 is 11.9 Å². The molecule has 0 fully saturated rings. The van der Waals surface area contributed by atoms with Crippen LogP contribution in [0.15, 0.2) is 24.3 Å². The van der Waals surface area contributed by atoms with E-state index < -0.39 is 5.97 Å². The monoisotopic (exact) mass is 312 g/mol. The Bertz CT molecular complexity index is 367. The van der Waals surface area contributed by atoms with E-state index in [0.717, 1.165) is 12.8 Å². The van der Waals surface area contributed by atoms with Gasteiger partial charge in [0.2, 0.25) is 0 Å². The predicted molar refractivity (Wildman–Crippen MR) is 90.7 cm³/mol. The van der Waals surface area contributed by atoms with Crippen LogP contribution in [0.2, 0.25) is 0 Å². The fraction of sp³-hybridized carbons (Fsp3) is 0.667. The summed E-state index contributed by atoms with van der Waals surface area (Å²) in [4.78, 5) is 21.2. The van der Waals surface area contributed by atoms with Crippen LogP contribution in [0, 0.1) is 11.8 Å². The highest BCUT2D eigenvalue weighted by Crippen LogP contribution is 2.11. The maximum atomic E-state index is 10.7. The Morgan fingerprint density at radius 1 is 1.14 bits per heavy atom. The molecule has 0 aliphatic carbocycles. The van der Waals surface area contributed by atoms with E-state index in [1.807, 2.05) is 27.7 Å². The van der Waals surface area contributed by atoms with E-state index in [1.54, 1.807) is 6.08 Å². The lowest BCUT2D eigenvalue weighted by atomic mass is 10.0. The lowest BCUT2D eigenvalue weighted by molar-refractivity contribution is -0.142. The van der Waals surface area contributed by atoms with Gasteiger partial charge >= 0.3 is 11.9 Å². The molecule has 4 heteroatoms. The molecule has 0 aromatic heterocycles. The number of aliphatic carboxylic acids is 1. The fourth-order valence-electron chi connectivity index (χ4n) is 1.90. The van der Waals surface area contributed by atoms with E-state index in [0.29, 0.717) is 23.8 Å². The maximum Gasteiger partial charge on any atom is 0.331 e. The molecule has 1 atom stereocenters. The lowest BCUT2D eigenvalue weighted by Crippen LogP contribution is -2.14. The minimum absolute atomic E-state index is 0.000463. The Morgan fingerprint density at radius 2 is 1.68 bits per heavy atom. The van der Waals surface area contributed by atoms with Gasteiger partial charge in [-0.05, 0) is 38.0 Å². The van der Waals surface area contributed by atoms with Gasteiger partial charge in [-0.25, -0.2) is 9.59 Å². The molecule has 0 spiro atoms. The highest BCUT2D eigenvalue weighted by Gasteiger charge is 2.08. The molecule has 0 saturated heterocycles. The number of carbonyl (C=O) groups excluding carboxylic acids is 1. The molecule has 0 amide bonds. The number of carbonyl (C=O) groups is 2. The molecule has 0 bridgehead atoms. The molecule has 0 rings (SSSR count). The molecule has 0 saturated carbocycles. The number of rotatable bonds is 8. The minimum Gasteiger partial charge on any atom is -0.478 e. The Labute approximate surface area is 135 Å². The molecule has 0 radical (unpaired) electrons. The van der Waals surface area contributed by atoms with E-state index in [1.165, 1.54) is 6.08 Å². The maximum absolute atomic E-state index is 10.7. The molecule has 1 N–H and O–H groups in total. The molecule has 0 aliphatic heterocycles. The summed E-state index contributed by atoms with van der Waals surface area (Å²) >= 11 is 0. The minimum atomic E-state index is -0.777. The quantitative estimate of drug-likeness (QED) is 0.525. The summed E-state index contributed by atoms with van der Waals surface area (Å²) in [5.41, 5.74) is 0.544. The first-order valence-corrected chi connectivity index (χ1v) is 7.89. The molecule has 0 heterocycles. The van der Waals surface area contributed by atoms with Crippen LogP contribution in [0.5, 0.6) is 0 Å². The van der Waals surface area contributed by atoms with Gasteiger partial charge in [0, 0.05) is 11.6 Å². The third-order valence-electron chi connectivity index (χ3n) is 2.64. The second kappa shape index (κ2) is 13.1. The Hall–Kier alpha value is -1.58. The number of hydrogen-bond acceptors (Lipinski definition) is 3. The molecule has 4 nitrogen and oxygen atoms in total. The third kappa shape index (κ3) is 14.8. The Kier molecular flexibility index (Phi) is 13.5. The summed E-state index contributed by atoms with van der Waals surface area (Å²) in [6.07, 6.45) is 5.34. The van der Waals surface area contributed by atoms with Gasteiger partial charge in [-0.15, -0.1) is 0 Å². The lowest BCUT2D eigenvalue weighted by Gasteiger charge is -2.13. The van der Waals surface area contributed by atoms with Crippen molar-refractivity contribution in [2.24, 2.45) is 11.8 Å². The predicted octanol–water partition coefficient (Wildman–Crippen LogP) is 4.60. The molecule has 128 valence electrons. The molecular weight excluding hydrogens is 280 g/mol. The van der Waals surface area contributed by atoms with Gasteiger partial charge < -0.3 is 9.84 Å². The van der Waals surface area contributed by atoms with Gasteiger partial charge in [0.15, 0.2) is 0 Å². The van der Waals surface area contributed by atoms with Crippen molar-refractivity contribution in [1.29, 1.82) is 0 Å². The summed E-state index contributed by atoms with van der Waals surface area (Å²) in [7, 11) is 0. The van der Waals surface area contributed by atoms with Crippen molar-refractivity contribution in [2.45, 2.75) is 66.9 Å². The van der Waals surface area contributed by atoms with E-state index in [9.17, 15) is 9.59 Å².